The molecule has 0 bridgehead atoms. The molecule has 0 spiro atoms. The lowest BCUT2D eigenvalue weighted by molar-refractivity contribution is -0.139. The number of benzene rings is 2. The van der Waals surface area contributed by atoms with E-state index in [1.165, 1.54) is 69.4 Å². The summed E-state index contributed by atoms with van der Waals surface area (Å²) >= 11 is 0. The molecular weight excluding hydrogens is 755 g/mol. The first-order valence-corrected chi connectivity index (χ1v) is 21.6. The molecule has 3 rings (SSSR count). The number of carbonyl (C=O) groups is 2. The van der Waals surface area contributed by atoms with E-state index < -0.39 is 27.9 Å². The molecule has 0 saturated carbocycles. The van der Waals surface area contributed by atoms with E-state index >= 15 is 0 Å². The monoisotopic (exact) mass is 821 g/mol. The lowest BCUT2D eigenvalue weighted by atomic mass is 9.79. The fourth-order valence-corrected chi connectivity index (χ4v) is 7.89. The summed E-state index contributed by atoms with van der Waals surface area (Å²) in [5.41, 5.74) is 5.39. The summed E-state index contributed by atoms with van der Waals surface area (Å²) in [5, 5.41) is 16.8. The average molecular weight is 822 g/mol. The number of rotatable bonds is 27. The van der Waals surface area contributed by atoms with Gasteiger partial charge in [-0.15, -0.1) is 0 Å². The average Bonchev–Trinajstić information content (AvgIpc) is 3.13. The van der Waals surface area contributed by atoms with E-state index in [1.54, 1.807) is 12.1 Å². The van der Waals surface area contributed by atoms with Crippen molar-refractivity contribution in [2.75, 3.05) is 69.6 Å². The number of amides is 2. The minimum absolute atomic E-state index is 0.00696. The third kappa shape index (κ3) is 18.7. The van der Waals surface area contributed by atoms with Crippen molar-refractivity contribution in [3.05, 3.63) is 48.0 Å². The van der Waals surface area contributed by atoms with Crippen LogP contribution >= 0.6 is 0 Å². The molecule has 1 atom stereocenters. The minimum Gasteiger partial charge on any atom is -0.491 e. The van der Waals surface area contributed by atoms with Gasteiger partial charge < -0.3 is 39.4 Å². The molecule has 1 unspecified atom stereocenters. The van der Waals surface area contributed by atoms with Crippen molar-refractivity contribution in [2.24, 2.45) is 0 Å². The molecule has 322 valence electrons. The van der Waals surface area contributed by atoms with Crippen molar-refractivity contribution in [2.45, 2.75) is 121 Å². The molecule has 0 aliphatic carbocycles. The smallest absolute Gasteiger partial charge is 0.327 e. The normalized spacial score (nSPS) is 15.8. The maximum absolute atomic E-state index is 13.2. The molecule has 6 N–H and O–H groups in total. The van der Waals surface area contributed by atoms with Gasteiger partial charge in [-0.25, -0.2) is 8.42 Å². The molecule has 1 aliphatic heterocycles. The topological polar surface area (TPSA) is 195 Å². The Balaban J connectivity index is 1.32. The van der Waals surface area contributed by atoms with Crippen LogP contribution in [0, 0.1) is 0 Å². The number of unbranched alkanes of at least 4 members (excludes halogenated alkanes) is 5. The van der Waals surface area contributed by atoms with Gasteiger partial charge in [0.1, 0.15) is 12.4 Å². The van der Waals surface area contributed by atoms with Crippen LogP contribution in [0.25, 0.3) is 0 Å². The summed E-state index contributed by atoms with van der Waals surface area (Å²) in [7, 11) is -4.00. The van der Waals surface area contributed by atoms with Gasteiger partial charge in [-0.1, -0.05) is 39.0 Å². The number of aliphatic hydroxyl groups is 1. The second-order valence-corrected chi connectivity index (χ2v) is 17.4. The maximum atomic E-state index is 13.2. The number of carbonyl (C=O) groups excluding carboxylic acids is 2. The number of sulfonamides is 1. The molecule has 0 radical (unpaired) electrons. The van der Waals surface area contributed by atoms with Gasteiger partial charge in [0, 0.05) is 35.0 Å². The van der Waals surface area contributed by atoms with Crippen LogP contribution in [-0.4, -0.2) is 102 Å². The molecule has 0 aromatic heterocycles. The van der Waals surface area contributed by atoms with Crippen LogP contribution < -0.4 is 30.9 Å². The molecule has 57 heavy (non-hydrogen) atoms. The highest BCUT2D eigenvalue weighted by Gasteiger charge is 2.38. The Hall–Kier alpha value is -3.51. The summed E-state index contributed by atoms with van der Waals surface area (Å²) in [5.74, 6) is -1.21. The molecule has 2 aromatic carbocycles. The highest BCUT2D eigenvalue weighted by Crippen LogP contribution is 2.29. The molecular formula is C41H67N5O10S. The van der Waals surface area contributed by atoms with Crippen LogP contribution in [-0.2, 0) is 38.6 Å². The lowest BCUT2D eigenvalue weighted by Crippen LogP contribution is -2.63. The SMILES string of the molecule is CCCCCCCCOCCOCCOCCOCCOc1ccc(S(=O)(=O)Nc2ccc(NNC(=O)C(=O)NC3CC(C)(C)NC(C)(C)C3)c(C(C)O)c2)cc1. The summed E-state index contributed by atoms with van der Waals surface area (Å²) < 4.78 is 56.7. The second kappa shape index (κ2) is 24.4. The lowest BCUT2D eigenvalue weighted by Gasteiger charge is -2.46. The zero-order valence-electron chi connectivity index (χ0n) is 34.7. The Bertz CT molecular complexity index is 1590. The van der Waals surface area contributed by atoms with Crippen LogP contribution in [0.3, 0.4) is 0 Å². The highest BCUT2D eigenvalue weighted by atomic mass is 32.2. The van der Waals surface area contributed by atoms with Crippen LogP contribution in [0.15, 0.2) is 47.4 Å². The predicted molar refractivity (Wildman–Crippen MR) is 221 cm³/mol. The Labute approximate surface area is 339 Å². The Morgan fingerprint density at radius 2 is 1.32 bits per heavy atom. The summed E-state index contributed by atoms with van der Waals surface area (Å²) in [6, 6.07) is 10.2. The molecule has 1 saturated heterocycles. The van der Waals surface area contributed by atoms with E-state index in [2.05, 4.69) is 33.1 Å². The van der Waals surface area contributed by atoms with E-state index in [-0.39, 0.29) is 40.0 Å². The second-order valence-electron chi connectivity index (χ2n) is 15.7. The number of hydrogen-bond donors (Lipinski definition) is 6. The minimum atomic E-state index is -4.00. The molecule has 2 aromatic rings. The number of hydrazine groups is 1. The van der Waals surface area contributed by atoms with E-state index in [4.69, 9.17) is 23.7 Å². The quantitative estimate of drug-likeness (QED) is 0.0392. The molecule has 1 fully saturated rings. The largest absolute Gasteiger partial charge is 0.491 e. The Morgan fingerprint density at radius 1 is 0.772 bits per heavy atom. The van der Waals surface area contributed by atoms with Gasteiger partial charge in [0.05, 0.1) is 62.9 Å². The predicted octanol–water partition coefficient (Wildman–Crippen LogP) is 5.21. The first kappa shape index (κ1) is 47.9. The first-order valence-electron chi connectivity index (χ1n) is 20.2. The van der Waals surface area contributed by atoms with E-state index in [0.717, 1.165) is 13.0 Å². The van der Waals surface area contributed by atoms with Gasteiger partial charge in [-0.05, 0) is 96.3 Å². The van der Waals surface area contributed by atoms with Crippen molar-refractivity contribution in [1.82, 2.24) is 16.1 Å². The molecule has 2 amide bonds. The number of piperidine rings is 1. The van der Waals surface area contributed by atoms with Crippen LogP contribution in [0.5, 0.6) is 5.75 Å². The van der Waals surface area contributed by atoms with Gasteiger partial charge in [0.2, 0.25) is 0 Å². The van der Waals surface area contributed by atoms with Gasteiger partial charge in [-0.3, -0.25) is 25.2 Å². The maximum Gasteiger partial charge on any atom is 0.327 e. The van der Waals surface area contributed by atoms with E-state index in [1.807, 2.05) is 27.7 Å². The summed E-state index contributed by atoms with van der Waals surface area (Å²) in [4.78, 5) is 25.3. The van der Waals surface area contributed by atoms with Crippen LogP contribution in [0.2, 0.25) is 0 Å². The van der Waals surface area contributed by atoms with Gasteiger partial charge in [-0.2, -0.15) is 0 Å². The first-order chi connectivity index (χ1) is 27.1. The fraction of sp³-hybridized carbons (Fsp3) is 0.659. The Morgan fingerprint density at radius 3 is 1.89 bits per heavy atom. The van der Waals surface area contributed by atoms with Gasteiger partial charge >= 0.3 is 11.8 Å². The van der Waals surface area contributed by atoms with Crippen molar-refractivity contribution in [1.29, 1.82) is 0 Å². The molecule has 15 nitrogen and oxygen atoms in total. The van der Waals surface area contributed by atoms with Crippen molar-refractivity contribution < 1.29 is 46.8 Å². The summed E-state index contributed by atoms with van der Waals surface area (Å²) in [6.07, 6.45) is 7.77. The van der Waals surface area contributed by atoms with Crippen molar-refractivity contribution in [3.63, 3.8) is 0 Å². The van der Waals surface area contributed by atoms with Gasteiger partial charge in [0.15, 0.2) is 0 Å². The third-order valence-electron chi connectivity index (χ3n) is 9.18. The van der Waals surface area contributed by atoms with Gasteiger partial charge in [0.25, 0.3) is 10.0 Å². The van der Waals surface area contributed by atoms with Crippen LogP contribution in [0.1, 0.15) is 105 Å². The van der Waals surface area contributed by atoms with Crippen LogP contribution in [0.4, 0.5) is 11.4 Å². The molecule has 1 aliphatic rings. The Kier molecular flexibility index (Phi) is 20.5. The molecule has 1 heterocycles. The number of anilines is 2. The standard InChI is InChI=1S/C41H67N5O10S/c1-7-8-9-10-11-12-19-52-20-21-53-22-23-54-24-25-55-26-27-56-34-14-16-35(17-15-34)57(50,51)45-32-13-18-37(36(28-32)31(2)47)43-44-39(49)38(48)42-33-29-40(3,4)46-41(5,6)30-33/h13-18,28,31,33,43,45-47H,7-12,19-27,29-30H2,1-6H3,(H,42,48)(H,44,49). The third-order valence-corrected chi connectivity index (χ3v) is 10.6. The van der Waals surface area contributed by atoms with Crippen molar-refractivity contribution in [3.8, 4) is 5.75 Å². The number of nitrogens with one attached hydrogen (secondary N) is 5. The summed E-state index contributed by atoms with van der Waals surface area (Å²) in [6.45, 7) is 16.3. The van der Waals surface area contributed by atoms with Crippen molar-refractivity contribution >= 4 is 33.2 Å². The molecule has 16 heteroatoms. The highest BCUT2D eigenvalue weighted by molar-refractivity contribution is 7.92. The van der Waals surface area contributed by atoms with E-state index in [0.29, 0.717) is 70.4 Å². The number of ether oxygens (including phenoxy) is 5. The zero-order chi connectivity index (χ0) is 41.7. The number of hydrogen-bond acceptors (Lipinski definition) is 12. The van der Waals surface area contributed by atoms with E-state index in [9.17, 15) is 23.1 Å². The number of aliphatic hydroxyl groups excluding tert-OH is 1. The fourth-order valence-electron chi connectivity index (χ4n) is 6.84. The zero-order valence-corrected chi connectivity index (χ0v) is 35.6.